The monoisotopic (exact) mass is 420 g/mol. The second-order valence-corrected chi connectivity index (χ2v) is 7.30. The first-order chi connectivity index (χ1) is 15.5. The molecular weight excluding hydrogens is 403 g/mol. The van der Waals surface area contributed by atoms with E-state index in [2.05, 4.69) is 15.1 Å². The van der Waals surface area contributed by atoms with Gasteiger partial charge in [-0.2, -0.15) is 9.61 Å². The Morgan fingerprint density at radius 2 is 1.66 bits per heavy atom. The van der Waals surface area contributed by atoms with Gasteiger partial charge < -0.3 is 10.8 Å². The quantitative estimate of drug-likeness (QED) is 0.427. The average molecular weight is 420 g/mol. The minimum atomic E-state index is -1.08. The van der Waals surface area contributed by atoms with Crippen LogP contribution in [0.2, 0.25) is 0 Å². The molecule has 5 rings (SSSR count). The summed E-state index contributed by atoms with van der Waals surface area (Å²) in [7, 11) is 1.85. The second kappa shape index (κ2) is 7.62. The van der Waals surface area contributed by atoms with Crippen LogP contribution in [-0.2, 0) is 0 Å². The van der Waals surface area contributed by atoms with Gasteiger partial charge in [-0.15, -0.1) is 0 Å². The number of nitrogen functional groups attached to an aromatic ring is 1. The molecule has 0 saturated heterocycles. The molecule has 9 heteroatoms. The van der Waals surface area contributed by atoms with E-state index >= 15 is 0 Å². The highest BCUT2D eigenvalue weighted by atomic mass is 16.4. The van der Waals surface area contributed by atoms with Gasteiger partial charge in [0, 0.05) is 34.6 Å². The number of fused-ring (bicyclic) bond motifs is 1. The van der Waals surface area contributed by atoms with Crippen LogP contribution in [0.25, 0.3) is 39.3 Å². The van der Waals surface area contributed by atoms with Crippen molar-refractivity contribution in [1.82, 2.24) is 24.6 Å². The van der Waals surface area contributed by atoms with Crippen molar-refractivity contribution in [3.05, 3.63) is 78.9 Å². The van der Waals surface area contributed by atoms with Crippen molar-refractivity contribution in [3.8, 4) is 33.6 Å². The molecule has 32 heavy (non-hydrogen) atoms. The Hall–Kier alpha value is -4.53. The number of benzene rings is 1. The zero-order valence-electron chi connectivity index (χ0n) is 17.1. The molecule has 1 aromatic carbocycles. The number of nitrogens with two attached hydrogens (primary N) is 1. The number of pyridine rings is 2. The van der Waals surface area contributed by atoms with E-state index in [4.69, 9.17) is 15.8 Å². The van der Waals surface area contributed by atoms with Crippen LogP contribution in [0.3, 0.4) is 0 Å². The zero-order valence-corrected chi connectivity index (χ0v) is 17.1. The van der Waals surface area contributed by atoms with Crippen LogP contribution in [-0.4, -0.2) is 43.5 Å². The van der Waals surface area contributed by atoms with E-state index in [9.17, 15) is 4.79 Å². The summed E-state index contributed by atoms with van der Waals surface area (Å²) in [5, 5.41) is 13.5. The van der Waals surface area contributed by atoms with E-state index in [1.54, 1.807) is 23.0 Å². The predicted molar refractivity (Wildman–Crippen MR) is 124 cm³/mol. The number of aromatic carboxylic acids is 1. The Balaban J connectivity index is 1.60. The zero-order chi connectivity index (χ0) is 22.2. The number of carboxylic acids is 1. The highest BCUT2D eigenvalue weighted by molar-refractivity contribution is 6.38. The number of carbonyl (C=O) groups is 1. The fraction of sp³-hybridized carbons (Fsp3) is 0. The molecule has 0 bridgehead atoms. The average Bonchev–Trinajstić information content (AvgIpc) is 3.26. The minimum absolute atomic E-state index is 0.0323. The third-order valence-electron chi connectivity index (χ3n) is 5.33. The molecular formula is C23H17BN6O2. The van der Waals surface area contributed by atoms with Gasteiger partial charge in [-0.3, -0.25) is 4.98 Å². The summed E-state index contributed by atoms with van der Waals surface area (Å²) in [6.07, 6.45) is 4.99. The summed E-state index contributed by atoms with van der Waals surface area (Å²) >= 11 is 0. The first-order valence-corrected chi connectivity index (χ1v) is 9.88. The van der Waals surface area contributed by atoms with E-state index in [1.807, 2.05) is 50.3 Å². The van der Waals surface area contributed by atoms with Crippen LogP contribution < -0.4 is 11.2 Å². The molecule has 0 aliphatic rings. The SMILES string of the molecule is Bc1c(-c2ccc(C(=O)O)nc2)nc2c(-c3ccc(-c4ccccc4)nc3)cnn2c1N. The van der Waals surface area contributed by atoms with Crippen LogP contribution in [0, 0.1) is 0 Å². The third kappa shape index (κ3) is 3.25. The molecule has 5 aromatic rings. The second-order valence-electron chi connectivity index (χ2n) is 7.30. The lowest BCUT2D eigenvalue weighted by Gasteiger charge is -2.11. The fourth-order valence-electron chi connectivity index (χ4n) is 3.57. The van der Waals surface area contributed by atoms with Crippen LogP contribution in [0.1, 0.15) is 10.5 Å². The third-order valence-corrected chi connectivity index (χ3v) is 5.33. The normalized spacial score (nSPS) is 11.0. The van der Waals surface area contributed by atoms with Gasteiger partial charge in [0.2, 0.25) is 0 Å². The molecule has 0 fully saturated rings. The number of carboxylic acid groups (broad SMARTS) is 1. The first kappa shape index (κ1) is 19.4. The molecule has 0 spiro atoms. The number of rotatable bonds is 4. The van der Waals surface area contributed by atoms with Crippen molar-refractivity contribution in [2.24, 2.45) is 0 Å². The maximum Gasteiger partial charge on any atom is 0.354 e. The summed E-state index contributed by atoms with van der Waals surface area (Å²) in [4.78, 5) is 24.5. The van der Waals surface area contributed by atoms with Crippen LogP contribution in [0.4, 0.5) is 5.82 Å². The Labute approximate surface area is 183 Å². The van der Waals surface area contributed by atoms with Crippen LogP contribution in [0.15, 0.2) is 73.2 Å². The smallest absolute Gasteiger partial charge is 0.354 e. The molecule has 0 amide bonds. The van der Waals surface area contributed by atoms with Crippen molar-refractivity contribution in [3.63, 3.8) is 0 Å². The maximum absolute atomic E-state index is 11.1. The lowest BCUT2D eigenvalue weighted by atomic mass is 9.91. The molecule has 0 saturated carbocycles. The Kier molecular flexibility index (Phi) is 4.63. The van der Waals surface area contributed by atoms with Gasteiger partial charge in [-0.25, -0.2) is 14.8 Å². The summed E-state index contributed by atoms with van der Waals surface area (Å²) in [5.74, 6) is -0.631. The Bertz CT molecular complexity index is 1450. The summed E-state index contributed by atoms with van der Waals surface area (Å²) in [5.41, 5.74) is 12.5. The molecule has 0 unspecified atom stereocenters. The summed E-state index contributed by atoms with van der Waals surface area (Å²) < 4.78 is 1.60. The summed E-state index contributed by atoms with van der Waals surface area (Å²) in [6.45, 7) is 0. The van der Waals surface area contributed by atoms with Crippen LogP contribution in [0.5, 0.6) is 0 Å². The van der Waals surface area contributed by atoms with Gasteiger partial charge in [0.1, 0.15) is 19.4 Å². The van der Waals surface area contributed by atoms with E-state index in [-0.39, 0.29) is 5.69 Å². The lowest BCUT2D eigenvalue weighted by Crippen LogP contribution is -2.20. The van der Waals surface area contributed by atoms with Crippen molar-refractivity contribution >= 4 is 30.7 Å². The molecule has 8 nitrogen and oxygen atoms in total. The number of anilines is 1. The predicted octanol–water partition coefficient (Wildman–Crippen LogP) is 2.06. The van der Waals surface area contributed by atoms with E-state index in [0.29, 0.717) is 22.7 Å². The number of hydrogen-bond donors (Lipinski definition) is 2. The Morgan fingerprint density at radius 3 is 2.31 bits per heavy atom. The molecule has 0 aliphatic heterocycles. The molecule has 3 N–H and O–H groups in total. The van der Waals surface area contributed by atoms with Gasteiger partial charge in [-0.05, 0) is 23.7 Å². The van der Waals surface area contributed by atoms with E-state index in [1.165, 1.54) is 12.3 Å². The standard InChI is InChI=1S/C23H17BN6O2/c24-19-20(15-7-9-18(23(31)32)27-11-15)29-22-16(12-28-30(22)21(19)25)14-6-8-17(26-10-14)13-4-2-1-3-5-13/h1-12H,24-25H2,(H,31,32). The van der Waals surface area contributed by atoms with E-state index in [0.717, 1.165) is 27.8 Å². The van der Waals surface area contributed by atoms with Crippen LogP contribution >= 0.6 is 0 Å². The van der Waals surface area contributed by atoms with E-state index < -0.39 is 5.97 Å². The molecule has 0 aliphatic carbocycles. The largest absolute Gasteiger partial charge is 0.477 e. The van der Waals surface area contributed by atoms with Crippen molar-refractivity contribution in [2.45, 2.75) is 0 Å². The highest BCUT2D eigenvalue weighted by Crippen LogP contribution is 2.28. The minimum Gasteiger partial charge on any atom is -0.477 e. The molecule has 0 atom stereocenters. The van der Waals surface area contributed by atoms with Gasteiger partial charge in [0.05, 0.1) is 17.6 Å². The summed E-state index contributed by atoms with van der Waals surface area (Å²) in [6, 6.07) is 17.0. The number of hydrogen-bond acceptors (Lipinski definition) is 6. The lowest BCUT2D eigenvalue weighted by molar-refractivity contribution is 0.0690. The van der Waals surface area contributed by atoms with Crippen molar-refractivity contribution < 1.29 is 9.90 Å². The fourth-order valence-corrected chi connectivity index (χ4v) is 3.57. The van der Waals surface area contributed by atoms with Crippen molar-refractivity contribution in [1.29, 1.82) is 0 Å². The number of aromatic nitrogens is 5. The first-order valence-electron chi connectivity index (χ1n) is 9.88. The van der Waals surface area contributed by atoms with Gasteiger partial charge in [0.15, 0.2) is 5.65 Å². The van der Waals surface area contributed by atoms with Gasteiger partial charge >= 0.3 is 5.97 Å². The molecule has 154 valence electrons. The highest BCUT2D eigenvalue weighted by Gasteiger charge is 2.17. The van der Waals surface area contributed by atoms with Gasteiger partial charge in [0.25, 0.3) is 0 Å². The Morgan fingerprint density at radius 1 is 0.906 bits per heavy atom. The maximum atomic E-state index is 11.1. The van der Waals surface area contributed by atoms with Crippen molar-refractivity contribution in [2.75, 3.05) is 5.73 Å². The topological polar surface area (TPSA) is 119 Å². The van der Waals surface area contributed by atoms with Gasteiger partial charge in [-0.1, -0.05) is 36.4 Å². The molecule has 4 heterocycles. The molecule has 0 radical (unpaired) electrons. The number of nitrogens with zero attached hydrogens (tertiary/aromatic N) is 5. The molecule has 4 aromatic heterocycles.